The molecule has 0 saturated carbocycles. The van der Waals surface area contributed by atoms with Gasteiger partial charge in [0, 0.05) is 14.2 Å². The molecule has 0 aromatic heterocycles. The van der Waals surface area contributed by atoms with Crippen LogP contribution in [0.1, 0.15) is 13.8 Å². The second-order valence-corrected chi connectivity index (χ2v) is 3.49. The summed E-state index contributed by atoms with van der Waals surface area (Å²) in [5, 5.41) is 4.86. The van der Waals surface area contributed by atoms with Crippen LogP contribution in [0.4, 0.5) is 4.79 Å². The minimum absolute atomic E-state index is 0.341. The molecule has 0 fully saturated rings. The van der Waals surface area contributed by atoms with Crippen molar-refractivity contribution in [3.63, 3.8) is 0 Å². The molecule has 0 radical (unpaired) electrons. The number of hydrogen-bond donors (Lipinski definition) is 2. The highest BCUT2D eigenvalue weighted by molar-refractivity contribution is 5.86. The Hall–Kier alpha value is -1.30. The summed E-state index contributed by atoms with van der Waals surface area (Å²) in [4.78, 5) is 22.5. The van der Waals surface area contributed by atoms with Crippen LogP contribution >= 0.6 is 0 Å². The van der Waals surface area contributed by atoms with Gasteiger partial charge in [-0.25, -0.2) is 4.79 Å². The normalized spacial score (nSPS) is 12.9. The van der Waals surface area contributed by atoms with Crippen LogP contribution < -0.4 is 10.6 Å². The van der Waals surface area contributed by atoms with Crippen molar-refractivity contribution in [1.82, 2.24) is 10.6 Å². The number of likely N-dealkylation sites (N-methyl/N-ethyl adjacent to an activating group) is 1. The zero-order valence-corrected chi connectivity index (χ0v) is 9.71. The first-order valence-corrected chi connectivity index (χ1v) is 4.50. The topological polar surface area (TPSA) is 76.7 Å². The predicted molar refractivity (Wildman–Crippen MR) is 54.5 cm³/mol. The standard InChI is InChI=1S/C9H18N2O4/c1-9(2,15-5)6(7(12)10-3)11-8(13)14-4/h6H,1-5H3,(H,10,12)(H,11,13). The summed E-state index contributed by atoms with van der Waals surface area (Å²) in [5.41, 5.74) is -0.811. The number of rotatable bonds is 4. The SMILES string of the molecule is CNC(=O)C(NC(=O)OC)C(C)(C)OC. The monoisotopic (exact) mass is 218 g/mol. The van der Waals surface area contributed by atoms with Gasteiger partial charge in [-0.15, -0.1) is 0 Å². The summed E-state index contributed by atoms with van der Waals surface area (Å²) < 4.78 is 9.57. The molecule has 2 amide bonds. The van der Waals surface area contributed by atoms with E-state index in [2.05, 4.69) is 15.4 Å². The van der Waals surface area contributed by atoms with Gasteiger partial charge in [-0.3, -0.25) is 4.79 Å². The van der Waals surface area contributed by atoms with E-state index < -0.39 is 17.7 Å². The van der Waals surface area contributed by atoms with E-state index in [9.17, 15) is 9.59 Å². The fourth-order valence-corrected chi connectivity index (χ4v) is 0.994. The maximum atomic E-state index is 11.5. The van der Waals surface area contributed by atoms with Crippen LogP contribution in [0, 0.1) is 0 Å². The molecule has 0 aliphatic heterocycles. The Morgan fingerprint density at radius 2 is 1.80 bits per heavy atom. The van der Waals surface area contributed by atoms with Gasteiger partial charge in [-0.05, 0) is 13.8 Å². The van der Waals surface area contributed by atoms with Crippen molar-refractivity contribution < 1.29 is 19.1 Å². The molecule has 6 nitrogen and oxygen atoms in total. The third-order valence-electron chi connectivity index (χ3n) is 2.18. The number of ether oxygens (including phenoxy) is 2. The van der Waals surface area contributed by atoms with Crippen LogP contribution in [0.25, 0.3) is 0 Å². The van der Waals surface area contributed by atoms with Crippen molar-refractivity contribution in [1.29, 1.82) is 0 Å². The quantitative estimate of drug-likeness (QED) is 0.689. The molecule has 2 N–H and O–H groups in total. The molecule has 15 heavy (non-hydrogen) atoms. The summed E-state index contributed by atoms with van der Waals surface area (Å²) in [5.74, 6) is -0.341. The van der Waals surface area contributed by atoms with E-state index >= 15 is 0 Å². The zero-order valence-electron chi connectivity index (χ0n) is 9.71. The number of carbonyl (C=O) groups is 2. The number of methoxy groups -OCH3 is 2. The number of alkyl carbamates (subject to hydrolysis) is 1. The summed E-state index contributed by atoms with van der Waals surface area (Å²) in [6.07, 6.45) is -0.672. The lowest BCUT2D eigenvalue weighted by Gasteiger charge is -2.31. The molecule has 0 aromatic rings. The lowest BCUT2D eigenvalue weighted by atomic mass is 9.98. The Kier molecular flexibility index (Phi) is 5.07. The van der Waals surface area contributed by atoms with Crippen molar-refractivity contribution in [2.75, 3.05) is 21.3 Å². The summed E-state index contributed by atoms with van der Waals surface area (Å²) in [6, 6.07) is -0.806. The lowest BCUT2D eigenvalue weighted by Crippen LogP contribution is -2.57. The Morgan fingerprint density at radius 3 is 2.13 bits per heavy atom. The average Bonchev–Trinajstić information content (AvgIpc) is 2.24. The first-order valence-electron chi connectivity index (χ1n) is 4.50. The van der Waals surface area contributed by atoms with E-state index in [0.29, 0.717) is 0 Å². The van der Waals surface area contributed by atoms with E-state index in [0.717, 1.165) is 0 Å². The average molecular weight is 218 g/mol. The molecule has 0 heterocycles. The zero-order chi connectivity index (χ0) is 12.1. The first-order chi connectivity index (χ1) is 6.88. The molecule has 0 saturated heterocycles. The third kappa shape index (κ3) is 3.75. The van der Waals surface area contributed by atoms with Gasteiger partial charge in [-0.1, -0.05) is 0 Å². The van der Waals surface area contributed by atoms with E-state index in [1.54, 1.807) is 13.8 Å². The molecule has 1 unspecified atom stereocenters. The molecular weight excluding hydrogens is 200 g/mol. The van der Waals surface area contributed by atoms with Gasteiger partial charge in [-0.2, -0.15) is 0 Å². The second kappa shape index (κ2) is 5.55. The maximum Gasteiger partial charge on any atom is 0.407 e. The van der Waals surface area contributed by atoms with E-state index in [1.807, 2.05) is 0 Å². The molecule has 0 rings (SSSR count). The van der Waals surface area contributed by atoms with E-state index in [1.165, 1.54) is 21.3 Å². The highest BCUT2D eigenvalue weighted by Gasteiger charge is 2.36. The minimum atomic E-state index is -0.811. The van der Waals surface area contributed by atoms with Crippen LogP contribution in [-0.2, 0) is 14.3 Å². The van der Waals surface area contributed by atoms with Gasteiger partial charge in [0.15, 0.2) is 0 Å². The summed E-state index contributed by atoms with van der Waals surface area (Å²) in [6.45, 7) is 3.39. The summed E-state index contributed by atoms with van der Waals surface area (Å²) >= 11 is 0. The Labute approximate surface area is 89.3 Å². The largest absolute Gasteiger partial charge is 0.453 e. The van der Waals surface area contributed by atoms with Gasteiger partial charge >= 0.3 is 6.09 Å². The highest BCUT2D eigenvalue weighted by atomic mass is 16.5. The lowest BCUT2D eigenvalue weighted by molar-refractivity contribution is -0.129. The molecule has 0 aliphatic rings. The smallest absolute Gasteiger partial charge is 0.407 e. The van der Waals surface area contributed by atoms with Crippen LogP contribution in [0.15, 0.2) is 0 Å². The molecule has 0 aromatic carbocycles. The maximum absolute atomic E-state index is 11.5. The van der Waals surface area contributed by atoms with Gasteiger partial charge in [0.2, 0.25) is 5.91 Å². The van der Waals surface area contributed by atoms with Gasteiger partial charge in [0.25, 0.3) is 0 Å². The highest BCUT2D eigenvalue weighted by Crippen LogP contribution is 2.14. The van der Waals surface area contributed by atoms with E-state index in [-0.39, 0.29) is 5.91 Å². The van der Waals surface area contributed by atoms with Crippen molar-refractivity contribution in [3.8, 4) is 0 Å². The molecule has 88 valence electrons. The second-order valence-electron chi connectivity index (χ2n) is 3.49. The van der Waals surface area contributed by atoms with Gasteiger partial charge < -0.3 is 20.1 Å². The van der Waals surface area contributed by atoms with Gasteiger partial charge in [0.1, 0.15) is 6.04 Å². The van der Waals surface area contributed by atoms with Crippen LogP contribution in [0.5, 0.6) is 0 Å². The first kappa shape index (κ1) is 13.7. The van der Waals surface area contributed by atoms with Crippen LogP contribution in [0.2, 0.25) is 0 Å². The Morgan fingerprint density at radius 1 is 1.27 bits per heavy atom. The minimum Gasteiger partial charge on any atom is -0.453 e. The molecule has 0 bridgehead atoms. The number of carbonyl (C=O) groups excluding carboxylic acids is 2. The predicted octanol–water partition coefficient (Wildman–Crippen LogP) is -0.118. The fourth-order valence-electron chi connectivity index (χ4n) is 0.994. The van der Waals surface area contributed by atoms with Crippen molar-refractivity contribution in [2.45, 2.75) is 25.5 Å². The molecular formula is C9H18N2O4. The van der Waals surface area contributed by atoms with Crippen LogP contribution in [0.3, 0.4) is 0 Å². The molecule has 1 atom stereocenters. The number of hydrogen-bond acceptors (Lipinski definition) is 4. The Bertz CT molecular complexity index is 240. The van der Waals surface area contributed by atoms with Crippen LogP contribution in [-0.4, -0.2) is 44.9 Å². The summed E-state index contributed by atoms with van der Waals surface area (Å²) in [7, 11) is 4.19. The molecule has 0 aliphatic carbocycles. The van der Waals surface area contributed by atoms with Crippen molar-refractivity contribution >= 4 is 12.0 Å². The van der Waals surface area contributed by atoms with Crippen molar-refractivity contribution in [3.05, 3.63) is 0 Å². The third-order valence-corrected chi connectivity index (χ3v) is 2.18. The molecule has 6 heteroatoms. The fraction of sp³-hybridized carbons (Fsp3) is 0.778. The Balaban J connectivity index is 4.73. The van der Waals surface area contributed by atoms with Gasteiger partial charge in [0.05, 0.1) is 12.7 Å². The van der Waals surface area contributed by atoms with Crippen molar-refractivity contribution in [2.24, 2.45) is 0 Å². The number of amides is 2. The number of nitrogens with one attached hydrogen (secondary N) is 2. The van der Waals surface area contributed by atoms with E-state index in [4.69, 9.17) is 4.74 Å². The molecule has 0 spiro atoms.